The van der Waals surface area contributed by atoms with E-state index in [1.54, 1.807) is 18.2 Å². The van der Waals surface area contributed by atoms with E-state index in [0.717, 1.165) is 0 Å². The van der Waals surface area contributed by atoms with E-state index in [2.05, 4.69) is 20.7 Å². The Morgan fingerprint density at radius 1 is 1.47 bits per heavy atom. The number of aliphatic carboxylic acids is 1. The summed E-state index contributed by atoms with van der Waals surface area (Å²) in [7, 11) is -3.85. The number of thioether (sulfide) groups is 1. The number of carboxylic acids is 1. The van der Waals surface area contributed by atoms with Crippen molar-refractivity contribution in [2.45, 2.75) is 17.4 Å². The molecule has 0 amide bonds. The zero-order valence-corrected chi connectivity index (χ0v) is 13.4. The Kier molecular flexibility index (Phi) is 6.31. The molecule has 0 bridgehead atoms. The number of sulfonamides is 1. The van der Waals surface area contributed by atoms with Gasteiger partial charge in [-0.2, -0.15) is 16.5 Å². The maximum absolute atomic E-state index is 12.1. The number of benzene rings is 1. The average Bonchev–Trinajstić information content (AvgIpc) is 2.34. The molecule has 0 aliphatic carbocycles. The Bertz CT molecular complexity index is 547. The lowest BCUT2D eigenvalue weighted by Gasteiger charge is -2.15. The fourth-order valence-corrected chi connectivity index (χ4v) is 4.08. The van der Waals surface area contributed by atoms with Gasteiger partial charge in [-0.05, 0) is 46.5 Å². The second-order valence-electron chi connectivity index (χ2n) is 3.72. The first-order chi connectivity index (χ1) is 8.88. The molecule has 1 rings (SSSR count). The zero-order chi connectivity index (χ0) is 14.5. The Morgan fingerprint density at radius 2 is 2.11 bits per heavy atom. The molecule has 1 aromatic rings. The number of rotatable bonds is 7. The van der Waals surface area contributed by atoms with E-state index in [1.807, 2.05) is 6.26 Å². The molecule has 106 valence electrons. The van der Waals surface area contributed by atoms with E-state index in [-0.39, 0.29) is 11.3 Å². The highest BCUT2D eigenvalue weighted by atomic mass is 79.9. The maximum Gasteiger partial charge on any atom is 0.321 e. The smallest absolute Gasteiger partial charge is 0.321 e. The van der Waals surface area contributed by atoms with Gasteiger partial charge in [0.2, 0.25) is 10.0 Å². The van der Waals surface area contributed by atoms with Crippen molar-refractivity contribution >= 4 is 43.7 Å². The van der Waals surface area contributed by atoms with Gasteiger partial charge in [0.25, 0.3) is 0 Å². The van der Waals surface area contributed by atoms with Gasteiger partial charge in [0, 0.05) is 4.47 Å². The summed E-state index contributed by atoms with van der Waals surface area (Å²) in [5, 5.41) is 9.03. The highest BCUT2D eigenvalue weighted by molar-refractivity contribution is 9.10. The topological polar surface area (TPSA) is 83.5 Å². The fourth-order valence-electron chi connectivity index (χ4n) is 1.38. The summed E-state index contributed by atoms with van der Waals surface area (Å²) < 4.78 is 26.9. The minimum atomic E-state index is -3.85. The molecule has 0 aromatic heterocycles. The number of carboxylic acid groups (broad SMARTS) is 1. The van der Waals surface area contributed by atoms with Gasteiger partial charge in [0.15, 0.2) is 0 Å². The molecule has 8 heteroatoms. The normalized spacial score (nSPS) is 13.2. The summed E-state index contributed by atoms with van der Waals surface area (Å²) >= 11 is 4.61. The van der Waals surface area contributed by atoms with Crippen LogP contribution in [0.3, 0.4) is 0 Å². The van der Waals surface area contributed by atoms with E-state index < -0.39 is 22.0 Å². The molecule has 19 heavy (non-hydrogen) atoms. The van der Waals surface area contributed by atoms with Crippen LogP contribution in [0.2, 0.25) is 0 Å². The number of nitrogens with one attached hydrogen (secondary N) is 1. The standard InChI is InChI=1S/C11H14BrNO4S2/c1-18-7-6-9(11(14)15)13-19(16,17)10-5-3-2-4-8(10)12/h2-5,9,13H,6-7H2,1H3,(H,14,15). The molecule has 0 aliphatic heterocycles. The van der Waals surface area contributed by atoms with Gasteiger partial charge < -0.3 is 5.11 Å². The van der Waals surface area contributed by atoms with Crippen LogP contribution in [0.4, 0.5) is 0 Å². The second kappa shape index (κ2) is 7.28. The van der Waals surface area contributed by atoms with E-state index >= 15 is 0 Å². The largest absolute Gasteiger partial charge is 0.480 e. The molecule has 1 unspecified atom stereocenters. The van der Waals surface area contributed by atoms with Crippen molar-refractivity contribution in [1.82, 2.24) is 4.72 Å². The van der Waals surface area contributed by atoms with Crippen LogP contribution in [-0.2, 0) is 14.8 Å². The molecule has 0 saturated carbocycles. The first kappa shape index (κ1) is 16.5. The predicted molar refractivity (Wildman–Crippen MR) is 78.9 cm³/mol. The minimum absolute atomic E-state index is 0.0328. The number of hydrogen-bond acceptors (Lipinski definition) is 4. The minimum Gasteiger partial charge on any atom is -0.480 e. The first-order valence-corrected chi connectivity index (χ1v) is 9.04. The Hall–Kier alpha value is -0.570. The van der Waals surface area contributed by atoms with Gasteiger partial charge in [-0.15, -0.1) is 0 Å². The van der Waals surface area contributed by atoms with Crippen molar-refractivity contribution in [2.24, 2.45) is 0 Å². The lowest BCUT2D eigenvalue weighted by molar-refractivity contribution is -0.139. The maximum atomic E-state index is 12.1. The van der Waals surface area contributed by atoms with Crippen LogP contribution in [0.1, 0.15) is 6.42 Å². The number of halogens is 1. The summed E-state index contributed by atoms with van der Waals surface area (Å²) in [5.41, 5.74) is 0. The molecular weight excluding hydrogens is 354 g/mol. The summed E-state index contributed by atoms with van der Waals surface area (Å²) in [5.74, 6) is -0.611. The van der Waals surface area contributed by atoms with Gasteiger partial charge in [0.05, 0.1) is 4.90 Å². The monoisotopic (exact) mass is 367 g/mol. The van der Waals surface area contributed by atoms with E-state index in [9.17, 15) is 13.2 Å². The van der Waals surface area contributed by atoms with Crippen molar-refractivity contribution in [3.63, 3.8) is 0 Å². The van der Waals surface area contributed by atoms with Gasteiger partial charge in [0.1, 0.15) is 6.04 Å². The molecule has 1 atom stereocenters. The fraction of sp³-hybridized carbons (Fsp3) is 0.364. The average molecular weight is 368 g/mol. The molecule has 2 N–H and O–H groups in total. The summed E-state index contributed by atoms with van der Waals surface area (Å²) in [6.45, 7) is 0. The van der Waals surface area contributed by atoms with Gasteiger partial charge >= 0.3 is 5.97 Å². The van der Waals surface area contributed by atoms with Crippen molar-refractivity contribution in [2.75, 3.05) is 12.0 Å². The van der Waals surface area contributed by atoms with E-state index in [4.69, 9.17) is 5.11 Å². The van der Waals surface area contributed by atoms with Crippen LogP contribution in [0.15, 0.2) is 33.6 Å². The van der Waals surface area contributed by atoms with Gasteiger partial charge in [-0.25, -0.2) is 8.42 Å². The first-order valence-electron chi connectivity index (χ1n) is 5.37. The van der Waals surface area contributed by atoms with E-state index in [0.29, 0.717) is 10.2 Å². The lowest BCUT2D eigenvalue weighted by atomic mass is 10.2. The van der Waals surface area contributed by atoms with Gasteiger partial charge in [-0.3, -0.25) is 4.79 Å². The molecular formula is C11H14BrNO4S2. The van der Waals surface area contributed by atoms with Crippen molar-refractivity contribution in [3.05, 3.63) is 28.7 Å². The lowest BCUT2D eigenvalue weighted by Crippen LogP contribution is -2.41. The van der Waals surface area contributed by atoms with Crippen LogP contribution in [-0.4, -0.2) is 37.5 Å². The van der Waals surface area contributed by atoms with Crippen LogP contribution in [0, 0.1) is 0 Å². The summed E-state index contributed by atoms with van der Waals surface area (Å²) in [6, 6.07) is 5.15. The van der Waals surface area contributed by atoms with Crippen LogP contribution in [0.25, 0.3) is 0 Å². The van der Waals surface area contributed by atoms with Crippen LogP contribution >= 0.6 is 27.7 Å². The third kappa shape index (κ3) is 4.79. The highest BCUT2D eigenvalue weighted by Gasteiger charge is 2.26. The third-order valence-corrected chi connectivity index (χ3v) is 5.46. The number of hydrogen-bond donors (Lipinski definition) is 2. The quantitative estimate of drug-likeness (QED) is 0.769. The second-order valence-corrected chi connectivity index (χ2v) is 7.25. The van der Waals surface area contributed by atoms with Crippen LogP contribution < -0.4 is 4.72 Å². The molecule has 0 aliphatic rings. The van der Waals surface area contributed by atoms with Gasteiger partial charge in [-0.1, -0.05) is 12.1 Å². The molecule has 5 nitrogen and oxygen atoms in total. The Balaban J connectivity index is 2.95. The summed E-state index contributed by atoms with van der Waals surface area (Å²) in [6.07, 6.45) is 2.07. The molecule has 0 radical (unpaired) electrons. The summed E-state index contributed by atoms with van der Waals surface area (Å²) in [4.78, 5) is 11.1. The molecule has 0 heterocycles. The van der Waals surface area contributed by atoms with Crippen molar-refractivity contribution in [3.8, 4) is 0 Å². The molecule has 0 fully saturated rings. The SMILES string of the molecule is CSCCC(NS(=O)(=O)c1ccccc1Br)C(=O)O. The molecule has 0 spiro atoms. The van der Waals surface area contributed by atoms with E-state index in [1.165, 1.54) is 17.8 Å². The third-order valence-electron chi connectivity index (χ3n) is 2.33. The van der Waals surface area contributed by atoms with Crippen LogP contribution in [0.5, 0.6) is 0 Å². The number of carbonyl (C=O) groups is 1. The predicted octanol–water partition coefficient (Wildman–Crippen LogP) is 1.93. The zero-order valence-electron chi connectivity index (χ0n) is 10.2. The Morgan fingerprint density at radius 3 is 2.63 bits per heavy atom. The highest BCUT2D eigenvalue weighted by Crippen LogP contribution is 2.21. The van der Waals surface area contributed by atoms with Crippen molar-refractivity contribution < 1.29 is 18.3 Å². The van der Waals surface area contributed by atoms with Crippen molar-refractivity contribution in [1.29, 1.82) is 0 Å². The molecule has 0 saturated heterocycles. The molecule has 1 aromatic carbocycles. The Labute approximate surface area is 125 Å².